The van der Waals surface area contributed by atoms with Crippen LogP contribution in [0, 0.1) is 5.41 Å². The predicted octanol–water partition coefficient (Wildman–Crippen LogP) is 2.52. The van der Waals surface area contributed by atoms with Gasteiger partial charge in [-0.25, -0.2) is 0 Å². The maximum absolute atomic E-state index is 3.28. The Hall–Kier alpha value is -0.500. The molecule has 0 saturated heterocycles. The van der Waals surface area contributed by atoms with Gasteiger partial charge < -0.3 is 10.6 Å². The lowest BCUT2D eigenvalue weighted by molar-refractivity contribution is 0.396. The molecule has 0 aliphatic rings. The SMILES string of the molecule is CN/C(=C/C(C)(C)NC)CC(C)(C)C. The molecular formula is C12H26N2. The molecule has 0 aliphatic heterocycles. The molecule has 0 aromatic heterocycles. The molecule has 0 heterocycles. The van der Waals surface area contributed by atoms with E-state index in [1.54, 1.807) is 0 Å². The number of nitrogens with one attached hydrogen (secondary N) is 2. The topological polar surface area (TPSA) is 24.1 Å². The lowest BCUT2D eigenvalue weighted by Crippen LogP contribution is -2.35. The average Bonchev–Trinajstić information content (AvgIpc) is 2.00. The van der Waals surface area contributed by atoms with E-state index in [9.17, 15) is 0 Å². The molecule has 2 nitrogen and oxygen atoms in total. The van der Waals surface area contributed by atoms with Gasteiger partial charge in [-0.2, -0.15) is 0 Å². The molecule has 0 fully saturated rings. The van der Waals surface area contributed by atoms with Gasteiger partial charge in [0.15, 0.2) is 0 Å². The van der Waals surface area contributed by atoms with Crippen LogP contribution in [0.1, 0.15) is 41.0 Å². The van der Waals surface area contributed by atoms with E-state index in [0.717, 1.165) is 6.42 Å². The number of rotatable bonds is 4. The van der Waals surface area contributed by atoms with E-state index < -0.39 is 0 Å². The highest BCUT2D eigenvalue weighted by molar-refractivity contribution is 5.10. The summed E-state index contributed by atoms with van der Waals surface area (Å²) in [7, 11) is 3.98. The zero-order valence-corrected chi connectivity index (χ0v) is 10.8. The van der Waals surface area contributed by atoms with E-state index in [0.29, 0.717) is 5.41 Å². The third-order valence-corrected chi connectivity index (χ3v) is 2.22. The van der Waals surface area contributed by atoms with Crippen LogP contribution in [-0.4, -0.2) is 19.6 Å². The number of likely N-dealkylation sites (N-methyl/N-ethyl adjacent to an activating group) is 1. The molecule has 14 heavy (non-hydrogen) atoms. The summed E-state index contributed by atoms with van der Waals surface area (Å²) in [6.07, 6.45) is 3.34. The number of hydrogen-bond acceptors (Lipinski definition) is 2. The van der Waals surface area contributed by atoms with Crippen molar-refractivity contribution in [3.05, 3.63) is 11.8 Å². The zero-order chi connectivity index (χ0) is 11.4. The van der Waals surface area contributed by atoms with Crippen LogP contribution in [0.2, 0.25) is 0 Å². The van der Waals surface area contributed by atoms with Gasteiger partial charge in [0.1, 0.15) is 0 Å². The normalized spacial score (nSPS) is 14.4. The van der Waals surface area contributed by atoms with Crippen molar-refractivity contribution < 1.29 is 0 Å². The molecule has 0 rings (SSSR count). The Bertz CT molecular complexity index is 197. The summed E-state index contributed by atoms with van der Waals surface area (Å²) in [6, 6.07) is 0. The summed E-state index contributed by atoms with van der Waals surface area (Å²) in [4.78, 5) is 0. The minimum absolute atomic E-state index is 0.0591. The van der Waals surface area contributed by atoms with Gasteiger partial charge in [-0.15, -0.1) is 0 Å². The highest BCUT2D eigenvalue weighted by Crippen LogP contribution is 2.23. The van der Waals surface area contributed by atoms with Crippen molar-refractivity contribution in [1.82, 2.24) is 10.6 Å². The van der Waals surface area contributed by atoms with Crippen LogP contribution < -0.4 is 10.6 Å². The first-order valence-electron chi connectivity index (χ1n) is 5.28. The molecule has 0 bridgehead atoms. The van der Waals surface area contributed by atoms with Crippen LogP contribution in [0.15, 0.2) is 11.8 Å². The van der Waals surface area contributed by atoms with Crippen molar-refractivity contribution in [1.29, 1.82) is 0 Å². The fourth-order valence-electron chi connectivity index (χ4n) is 1.29. The van der Waals surface area contributed by atoms with E-state index in [1.165, 1.54) is 5.70 Å². The lowest BCUT2D eigenvalue weighted by Gasteiger charge is -2.25. The van der Waals surface area contributed by atoms with Crippen molar-refractivity contribution >= 4 is 0 Å². The molecule has 0 amide bonds. The van der Waals surface area contributed by atoms with Gasteiger partial charge in [0.25, 0.3) is 0 Å². The Morgan fingerprint density at radius 1 is 1.07 bits per heavy atom. The monoisotopic (exact) mass is 198 g/mol. The van der Waals surface area contributed by atoms with Crippen LogP contribution in [-0.2, 0) is 0 Å². The van der Waals surface area contributed by atoms with Crippen LogP contribution in [0.25, 0.3) is 0 Å². The molecular weight excluding hydrogens is 172 g/mol. The summed E-state index contributed by atoms with van der Waals surface area (Å²) in [6.45, 7) is 11.1. The van der Waals surface area contributed by atoms with E-state index in [1.807, 2.05) is 14.1 Å². The van der Waals surface area contributed by atoms with Crippen LogP contribution in [0.4, 0.5) is 0 Å². The molecule has 0 saturated carbocycles. The molecule has 2 heteroatoms. The second kappa shape index (κ2) is 4.83. The van der Waals surface area contributed by atoms with Gasteiger partial charge in [-0.3, -0.25) is 0 Å². The largest absolute Gasteiger partial charge is 0.392 e. The minimum atomic E-state index is 0.0591. The molecule has 0 radical (unpaired) electrons. The van der Waals surface area contributed by atoms with Crippen molar-refractivity contribution in [3.8, 4) is 0 Å². The van der Waals surface area contributed by atoms with E-state index in [-0.39, 0.29) is 5.54 Å². The van der Waals surface area contributed by atoms with Crippen LogP contribution >= 0.6 is 0 Å². The molecule has 0 atom stereocenters. The first kappa shape index (κ1) is 13.5. The zero-order valence-electron chi connectivity index (χ0n) is 10.8. The average molecular weight is 198 g/mol. The summed E-state index contributed by atoms with van der Waals surface area (Å²) >= 11 is 0. The second-order valence-corrected chi connectivity index (χ2v) is 5.63. The van der Waals surface area contributed by atoms with Gasteiger partial charge in [0.05, 0.1) is 0 Å². The number of hydrogen-bond donors (Lipinski definition) is 2. The quantitative estimate of drug-likeness (QED) is 0.725. The fraction of sp³-hybridized carbons (Fsp3) is 0.833. The second-order valence-electron chi connectivity index (χ2n) is 5.63. The summed E-state index contributed by atoms with van der Waals surface area (Å²) in [5.74, 6) is 0. The predicted molar refractivity (Wildman–Crippen MR) is 64.4 cm³/mol. The molecule has 84 valence electrons. The highest BCUT2D eigenvalue weighted by atomic mass is 14.9. The summed E-state index contributed by atoms with van der Waals surface area (Å²) in [5, 5.41) is 6.55. The molecule has 0 aromatic rings. The van der Waals surface area contributed by atoms with Gasteiger partial charge in [0.2, 0.25) is 0 Å². The third kappa shape index (κ3) is 6.03. The molecule has 0 spiro atoms. The van der Waals surface area contributed by atoms with Crippen molar-refractivity contribution in [2.45, 2.75) is 46.6 Å². The van der Waals surface area contributed by atoms with E-state index >= 15 is 0 Å². The summed E-state index contributed by atoms with van der Waals surface area (Å²) in [5.41, 5.74) is 1.69. The molecule has 0 unspecified atom stereocenters. The van der Waals surface area contributed by atoms with Crippen LogP contribution in [0.5, 0.6) is 0 Å². The van der Waals surface area contributed by atoms with Gasteiger partial charge in [0, 0.05) is 18.3 Å². The molecule has 0 aliphatic carbocycles. The van der Waals surface area contributed by atoms with Crippen molar-refractivity contribution in [3.63, 3.8) is 0 Å². The maximum atomic E-state index is 3.28. The van der Waals surface area contributed by atoms with E-state index in [4.69, 9.17) is 0 Å². The fourth-order valence-corrected chi connectivity index (χ4v) is 1.29. The molecule has 2 N–H and O–H groups in total. The smallest absolute Gasteiger partial charge is 0.0324 e. The lowest BCUT2D eigenvalue weighted by atomic mass is 9.89. The highest BCUT2D eigenvalue weighted by Gasteiger charge is 2.16. The van der Waals surface area contributed by atoms with Gasteiger partial charge >= 0.3 is 0 Å². The first-order valence-corrected chi connectivity index (χ1v) is 5.28. The van der Waals surface area contributed by atoms with Gasteiger partial charge in [-0.1, -0.05) is 20.8 Å². The minimum Gasteiger partial charge on any atom is -0.392 e. The Morgan fingerprint density at radius 2 is 1.57 bits per heavy atom. The number of allylic oxidation sites excluding steroid dienone is 1. The third-order valence-electron chi connectivity index (χ3n) is 2.22. The van der Waals surface area contributed by atoms with Crippen molar-refractivity contribution in [2.75, 3.05) is 14.1 Å². The summed E-state index contributed by atoms with van der Waals surface area (Å²) < 4.78 is 0. The van der Waals surface area contributed by atoms with Gasteiger partial charge in [-0.05, 0) is 38.8 Å². The Morgan fingerprint density at radius 3 is 1.86 bits per heavy atom. The Kier molecular flexibility index (Phi) is 4.66. The van der Waals surface area contributed by atoms with E-state index in [2.05, 4.69) is 51.3 Å². The maximum Gasteiger partial charge on any atom is 0.0324 e. The Balaban J connectivity index is 4.56. The Labute approximate surface area is 89.2 Å². The first-order chi connectivity index (χ1) is 6.20. The molecule has 0 aromatic carbocycles. The van der Waals surface area contributed by atoms with Crippen LogP contribution in [0.3, 0.4) is 0 Å². The van der Waals surface area contributed by atoms with Crippen molar-refractivity contribution in [2.24, 2.45) is 5.41 Å². The standard InChI is InChI=1S/C12H26N2/c1-11(2,3)8-10(13-6)9-12(4,5)14-7/h9,13-14H,8H2,1-7H3/b10-9+.